The van der Waals surface area contributed by atoms with E-state index in [2.05, 4.69) is 5.32 Å². The maximum absolute atomic E-state index is 11.8. The Bertz CT molecular complexity index is 287. The Morgan fingerprint density at radius 3 is 2.74 bits per heavy atom. The number of nitrogens with two attached hydrogens (primary N) is 1. The van der Waals surface area contributed by atoms with Gasteiger partial charge in [0.1, 0.15) is 0 Å². The zero-order chi connectivity index (χ0) is 13.4. The van der Waals surface area contributed by atoms with Crippen LogP contribution in [0.25, 0.3) is 0 Å². The third kappa shape index (κ3) is 7.38. The average molecular weight is 292 g/mol. The Hall–Kier alpha value is -0.810. The predicted molar refractivity (Wildman–Crippen MR) is 78.1 cm³/mol. The van der Waals surface area contributed by atoms with E-state index in [0.717, 1.165) is 25.7 Å². The first kappa shape index (κ1) is 18.2. The number of nitrogens with zero attached hydrogens (tertiary/aromatic N) is 1. The lowest BCUT2D eigenvalue weighted by Crippen LogP contribution is -2.43. The first-order valence-corrected chi connectivity index (χ1v) is 6.88. The fourth-order valence-corrected chi connectivity index (χ4v) is 1.98. The Morgan fingerprint density at radius 2 is 2.05 bits per heavy atom. The topological polar surface area (TPSA) is 75.4 Å². The van der Waals surface area contributed by atoms with Crippen molar-refractivity contribution in [1.29, 1.82) is 0 Å². The molecule has 1 fully saturated rings. The van der Waals surface area contributed by atoms with Crippen molar-refractivity contribution in [3.05, 3.63) is 0 Å². The van der Waals surface area contributed by atoms with Crippen molar-refractivity contribution in [3.8, 4) is 0 Å². The molecule has 1 heterocycles. The molecule has 6 heteroatoms. The van der Waals surface area contributed by atoms with Gasteiger partial charge in [0, 0.05) is 19.5 Å². The molecule has 1 saturated heterocycles. The van der Waals surface area contributed by atoms with Crippen LogP contribution < -0.4 is 11.1 Å². The van der Waals surface area contributed by atoms with E-state index in [9.17, 15) is 9.59 Å². The van der Waals surface area contributed by atoms with Crippen LogP contribution in [0.15, 0.2) is 0 Å². The van der Waals surface area contributed by atoms with Crippen molar-refractivity contribution < 1.29 is 9.59 Å². The van der Waals surface area contributed by atoms with E-state index in [1.807, 2.05) is 6.92 Å². The molecular formula is C13H26ClN3O2. The lowest BCUT2D eigenvalue weighted by Gasteiger charge is -2.24. The summed E-state index contributed by atoms with van der Waals surface area (Å²) in [6, 6.07) is 0. The second-order valence-electron chi connectivity index (χ2n) is 5.12. The molecule has 0 aromatic rings. The summed E-state index contributed by atoms with van der Waals surface area (Å²) in [4.78, 5) is 25.2. The molecule has 1 rings (SSSR count). The summed E-state index contributed by atoms with van der Waals surface area (Å²) < 4.78 is 0. The van der Waals surface area contributed by atoms with Crippen LogP contribution in [0.4, 0.5) is 0 Å². The largest absolute Gasteiger partial charge is 0.354 e. The lowest BCUT2D eigenvalue weighted by atomic mass is 10.1. The summed E-state index contributed by atoms with van der Waals surface area (Å²) in [6.45, 7) is 4.02. The minimum absolute atomic E-state index is 0. The van der Waals surface area contributed by atoms with Crippen molar-refractivity contribution in [1.82, 2.24) is 10.2 Å². The number of amides is 2. The zero-order valence-electron chi connectivity index (χ0n) is 11.7. The second-order valence-corrected chi connectivity index (χ2v) is 5.12. The first-order valence-electron chi connectivity index (χ1n) is 6.88. The number of nitrogens with one attached hydrogen (secondary N) is 1. The van der Waals surface area contributed by atoms with Gasteiger partial charge in [-0.25, -0.2) is 0 Å². The predicted octanol–water partition coefficient (Wildman–Crippen LogP) is 0.912. The monoisotopic (exact) mass is 291 g/mol. The molecule has 0 aromatic carbocycles. The van der Waals surface area contributed by atoms with E-state index < -0.39 is 0 Å². The number of hydrogen-bond acceptors (Lipinski definition) is 3. The molecule has 19 heavy (non-hydrogen) atoms. The smallest absolute Gasteiger partial charge is 0.239 e. The molecule has 1 atom stereocenters. The molecule has 1 aliphatic heterocycles. The van der Waals surface area contributed by atoms with Crippen molar-refractivity contribution in [2.45, 2.75) is 39.0 Å². The van der Waals surface area contributed by atoms with Crippen molar-refractivity contribution >= 4 is 24.2 Å². The number of rotatable bonds is 5. The molecule has 2 amide bonds. The van der Waals surface area contributed by atoms with Crippen LogP contribution in [-0.4, -0.2) is 42.9 Å². The van der Waals surface area contributed by atoms with Crippen molar-refractivity contribution in [2.75, 3.05) is 26.2 Å². The highest BCUT2D eigenvalue weighted by molar-refractivity contribution is 5.85. The number of halogens is 1. The number of likely N-dealkylation sites (tertiary alicyclic amines) is 1. The van der Waals surface area contributed by atoms with Gasteiger partial charge in [-0.05, 0) is 25.3 Å². The SMILES string of the molecule is CC(CN)CNC(=O)CN1CCCCCCC1=O.Cl. The van der Waals surface area contributed by atoms with Gasteiger partial charge in [-0.15, -0.1) is 12.4 Å². The maximum Gasteiger partial charge on any atom is 0.239 e. The average Bonchev–Trinajstić information content (AvgIpc) is 2.35. The molecule has 0 saturated carbocycles. The summed E-state index contributed by atoms with van der Waals surface area (Å²) in [5.74, 6) is 0.304. The van der Waals surface area contributed by atoms with Crippen LogP contribution in [0.1, 0.15) is 39.0 Å². The Morgan fingerprint density at radius 1 is 1.37 bits per heavy atom. The number of carbonyl (C=O) groups excluding carboxylic acids is 2. The maximum atomic E-state index is 11.8. The Kier molecular flexibility index (Phi) is 9.61. The third-order valence-electron chi connectivity index (χ3n) is 3.31. The van der Waals surface area contributed by atoms with Crippen molar-refractivity contribution in [2.24, 2.45) is 11.7 Å². The molecular weight excluding hydrogens is 266 g/mol. The molecule has 1 aliphatic rings. The zero-order valence-corrected chi connectivity index (χ0v) is 12.5. The van der Waals surface area contributed by atoms with Gasteiger partial charge in [-0.1, -0.05) is 19.8 Å². The van der Waals surface area contributed by atoms with Crippen LogP contribution >= 0.6 is 12.4 Å². The van der Waals surface area contributed by atoms with E-state index >= 15 is 0 Å². The highest BCUT2D eigenvalue weighted by atomic mass is 35.5. The molecule has 0 aromatic heterocycles. The van der Waals surface area contributed by atoms with Crippen LogP contribution in [0.2, 0.25) is 0 Å². The number of carbonyl (C=O) groups is 2. The number of hydrogen-bond donors (Lipinski definition) is 2. The minimum atomic E-state index is -0.0794. The molecule has 0 aliphatic carbocycles. The lowest BCUT2D eigenvalue weighted by molar-refractivity contribution is -0.136. The van der Waals surface area contributed by atoms with E-state index in [1.165, 1.54) is 0 Å². The molecule has 0 spiro atoms. The molecule has 1 unspecified atom stereocenters. The Balaban J connectivity index is 0.00000324. The van der Waals surface area contributed by atoms with E-state index in [-0.39, 0.29) is 36.7 Å². The fourth-order valence-electron chi connectivity index (χ4n) is 1.98. The van der Waals surface area contributed by atoms with Crippen LogP contribution in [-0.2, 0) is 9.59 Å². The summed E-state index contributed by atoms with van der Waals surface area (Å²) in [5.41, 5.74) is 5.49. The Labute approximate surface area is 121 Å². The van der Waals surface area contributed by atoms with Gasteiger partial charge in [-0.3, -0.25) is 9.59 Å². The molecule has 3 N–H and O–H groups in total. The van der Waals surface area contributed by atoms with Gasteiger partial charge in [0.2, 0.25) is 11.8 Å². The third-order valence-corrected chi connectivity index (χ3v) is 3.31. The fraction of sp³-hybridized carbons (Fsp3) is 0.846. The van der Waals surface area contributed by atoms with E-state index in [0.29, 0.717) is 26.1 Å². The van der Waals surface area contributed by atoms with Crippen LogP contribution in [0.3, 0.4) is 0 Å². The minimum Gasteiger partial charge on any atom is -0.354 e. The van der Waals surface area contributed by atoms with Crippen LogP contribution in [0, 0.1) is 5.92 Å². The quantitative estimate of drug-likeness (QED) is 0.791. The summed E-state index contributed by atoms with van der Waals surface area (Å²) >= 11 is 0. The standard InChI is InChI=1S/C13H25N3O2.ClH/c1-11(8-14)9-15-12(17)10-16-7-5-3-2-4-6-13(16)18;/h11H,2-10,14H2,1H3,(H,15,17);1H. The molecule has 0 radical (unpaired) electrons. The summed E-state index contributed by atoms with van der Waals surface area (Å²) in [6.07, 6.45) is 4.79. The van der Waals surface area contributed by atoms with E-state index in [1.54, 1.807) is 4.90 Å². The van der Waals surface area contributed by atoms with Gasteiger partial charge in [0.25, 0.3) is 0 Å². The second kappa shape index (κ2) is 10.0. The van der Waals surface area contributed by atoms with Gasteiger partial charge < -0.3 is 16.0 Å². The molecule has 5 nitrogen and oxygen atoms in total. The first-order chi connectivity index (χ1) is 8.63. The van der Waals surface area contributed by atoms with Crippen molar-refractivity contribution in [3.63, 3.8) is 0 Å². The highest BCUT2D eigenvalue weighted by Crippen LogP contribution is 2.11. The highest BCUT2D eigenvalue weighted by Gasteiger charge is 2.18. The normalized spacial score (nSPS) is 18.0. The molecule has 112 valence electrons. The van der Waals surface area contributed by atoms with Gasteiger partial charge in [0.15, 0.2) is 0 Å². The van der Waals surface area contributed by atoms with E-state index in [4.69, 9.17) is 5.73 Å². The van der Waals surface area contributed by atoms with Crippen LogP contribution in [0.5, 0.6) is 0 Å². The van der Waals surface area contributed by atoms with Gasteiger partial charge in [-0.2, -0.15) is 0 Å². The van der Waals surface area contributed by atoms with Gasteiger partial charge in [0.05, 0.1) is 6.54 Å². The van der Waals surface area contributed by atoms with Gasteiger partial charge >= 0.3 is 0 Å². The summed E-state index contributed by atoms with van der Waals surface area (Å²) in [7, 11) is 0. The molecule has 0 bridgehead atoms. The summed E-state index contributed by atoms with van der Waals surface area (Å²) in [5, 5.41) is 2.82.